The molecule has 4 nitrogen and oxygen atoms in total. The molecule has 0 radical (unpaired) electrons. The molecule has 0 fully saturated rings. The van der Waals surface area contributed by atoms with Gasteiger partial charge < -0.3 is 9.97 Å². The SMILES string of the molecule is CCC(C)(C)c1nc2ccc(-c3ccc4nc(-c5ccc6c(c5)C6(C)CC)[nH]c4c3)cc2[nH]1. The lowest BCUT2D eigenvalue weighted by atomic mass is 9.90. The lowest BCUT2D eigenvalue weighted by Gasteiger charge is -2.18. The van der Waals surface area contributed by atoms with Crippen LogP contribution in [0.4, 0.5) is 0 Å². The number of aromatic amines is 2. The fourth-order valence-electron chi connectivity index (χ4n) is 4.89. The van der Waals surface area contributed by atoms with Crippen LogP contribution in [0.1, 0.15) is 64.4 Å². The average Bonchev–Trinajstić information content (AvgIpc) is 3.18. The lowest BCUT2D eigenvalue weighted by Crippen LogP contribution is -2.17. The molecule has 6 rings (SSSR count). The molecule has 0 spiro atoms. The minimum absolute atomic E-state index is 0.0402. The monoisotopic (exact) mass is 434 g/mol. The van der Waals surface area contributed by atoms with E-state index >= 15 is 0 Å². The Morgan fingerprint density at radius 2 is 1.39 bits per heavy atom. The molecule has 0 saturated carbocycles. The smallest absolute Gasteiger partial charge is 0.138 e. The van der Waals surface area contributed by atoms with Gasteiger partial charge in [0.15, 0.2) is 0 Å². The molecule has 2 heterocycles. The highest BCUT2D eigenvalue weighted by molar-refractivity contribution is 5.88. The van der Waals surface area contributed by atoms with Crippen LogP contribution >= 0.6 is 0 Å². The maximum Gasteiger partial charge on any atom is 0.138 e. The summed E-state index contributed by atoms with van der Waals surface area (Å²) in [6.45, 7) is 11.3. The number of benzene rings is 3. The maximum absolute atomic E-state index is 4.87. The molecule has 1 unspecified atom stereocenters. The molecular formula is C29H30N4. The van der Waals surface area contributed by atoms with Gasteiger partial charge in [-0.1, -0.05) is 58.9 Å². The van der Waals surface area contributed by atoms with E-state index in [1.54, 1.807) is 0 Å². The highest BCUT2D eigenvalue weighted by Crippen LogP contribution is 2.53. The van der Waals surface area contributed by atoms with E-state index in [4.69, 9.17) is 9.97 Å². The van der Waals surface area contributed by atoms with Crippen molar-refractivity contribution in [1.82, 2.24) is 19.9 Å². The minimum Gasteiger partial charge on any atom is -0.342 e. The first kappa shape index (κ1) is 20.2. The molecule has 5 aromatic rings. The van der Waals surface area contributed by atoms with Crippen molar-refractivity contribution in [1.29, 1.82) is 0 Å². The zero-order chi connectivity index (χ0) is 23.0. The Balaban J connectivity index is 1.36. The third-order valence-electron chi connectivity index (χ3n) is 7.95. The Bertz CT molecular complexity index is 1530. The fourth-order valence-corrected chi connectivity index (χ4v) is 4.89. The second-order valence-electron chi connectivity index (χ2n) is 10.3. The van der Waals surface area contributed by atoms with Crippen LogP contribution in [0.2, 0.25) is 0 Å². The van der Waals surface area contributed by atoms with E-state index in [9.17, 15) is 0 Å². The second kappa shape index (κ2) is 6.80. The molecule has 2 N–H and O–H groups in total. The highest BCUT2D eigenvalue weighted by atomic mass is 14.9. The van der Waals surface area contributed by atoms with E-state index in [1.165, 1.54) is 22.3 Å². The zero-order valence-electron chi connectivity index (χ0n) is 20.0. The molecule has 0 bridgehead atoms. The second-order valence-corrected chi connectivity index (χ2v) is 10.3. The predicted molar refractivity (Wildman–Crippen MR) is 137 cm³/mol. The van der Waals surface area contributed by atoms with Crippen molar-refractivity contribution in [3.05, 3.63) is 71.5 Å². The summed E-state index contributed by atoms with van der Waals surface area (Å²) in [4.78, 5) is 16.8. The van der Waals surface area contributed by atoms with Gasteiger partial charge in [0.05, 0.1) is 22.1 Å². The van der Waals surface area contributed by atoms with E-state index in [-0.39, 0.29) is 10.8 Å². The van der Waals surface area contributed by atoms with Crippen LogP contribution in [0.15, 0.2) is 54.6 Å². The Morgan fingerprint density at radius 1 is 0.758 bits per heavy atom. The Hall–Kier alpha value is -3.40. The highest BCUT2D eigenvalue weighted by Gasteiger charge is 2.44. The van der Waals surface area contributed by atoms with E-state index < -0.39 is 0 Å². The van der Waals surface area contributed by atoms with Gasteiger partial charge in [-0.2, -0.15) is 0 Å². The van der Waals surface area contributed by atoms with Gasteiger partial charge in [-0.05, 0) is 65.4 Å². The molecule has 1 aliphatic carbocycles. The van der Waals surface area contributed by atoms with Gasteiger partial charge in [-0.15, -0.1) is 0 Å². The molecule has 3 aromatic carbocycles. The Morgan fingerprint density at radius 3 is 2.06 bits per heavy atom. The molecular weight excluding hydrogens is 404 g/mol. The van der Waals surface area contributed by atoms with Crippen LogP contribution in [0, 0.1) is 0 Å². The number of hydrogen-bond donors (Lipinski definition) is 2. The van der Waals surface area contributed by atoms with Crippen LogP contribution in [-0.2, 0) is 10.8 Å². The number of nitrogens with one attached hydrogen (secondary N) is 2. The number of H-pyrrole nitrogens is 2. The van der Waals surface area contributed by atoms with Crippen LogP contribution in [0.3, 0.4) is 0 Å². The van der Waals surface area contributed by atoms with Crippen LogP contribution < -0.4 is 0 Å². The fraction of sp³-hybridized carbons (Fsp3) is 0.310. The largest absolute Gasteiger partial charge is 0.342 e. The van der Waals surface area contributed by atoms with Crippen LogP contribution in [0.5, 0.6) is 0 Å². The van der Waals surface area contributed by atoms with Crippen molar-refractivity contribution in [3.63, 3.8) is 0 Å². The van der Waals surface area contributed by atoms with Crippen molar-refractivity contribution < 1.29 is 0 Å². The minimum atomic E-state index is 0.0402. The molecule has 0 amide bonds. The van der Waals surface area contributed by atoms with Gasteiger partial charge in [0, 0.05) is 16.4 Å². The summed E-state index contributed by atoms with van der Waals surface area (Å²) >= 11 is 0. The first-order chi connectivity index (χ1) is 15.8. The van der Waals surface area contributed by atoms with E-state index in [1.807, 2.05) is 0 Å². The van der Waals surface area contributed by atoms with Gasteiger partial charge in [-0.3, -0.25) is 0 Å². The topological polar surface area (TPSA) is 57.4 Å². The Labute approximate surface area is 194 Å². The standard InChI is InChI=1S/C29H30N4/c1-6-28(3,4)27-32-23-13-10-18(16-25(23)33-27)17-9-12-22-24(15-17)31-26(30-22)19-8-11-20-21(14-19)29(20,5)7-2/h8-16H,6-7H2,1-5H3,(H,30,31)(H,32,33). The molecule has 2 aromatic heterocycles. The maximum atomic E-state index is 4.87. The van der Waals surface area contributed by atoms with Crippen molar-refractivity contribution in [2.75, 3.05) is 0 Å². The summed E-state index contributed by atoms with van der Waals surface area (Å²) in [7, 11) is 0. The number of imidazole rings is 2. The van der Waals surface area contributed by atoms with E-state index in [0.29, 0.717) is 0 Å². The van der Waals surface area contributed by atoms with Gasteiger partial charge in [0.2, 0.25) is 0 Å². The summed E-state index contributed by atoms with van der Waals surface area (Å²) in [5.74, 6) is 1.98. The summed E-state index contributed by atoms with van der Waals surface area (Å²) in [6.07, 6.45) is 2.19. The number of aromatic nitrogens is 4. The summed E-state index contributed by atoms with van der Waals surface area (Å²) in [5.41, 5.74) is 10.9. The summed E-state index contributed by atoms with van der Waals surface area (Å²) < 4.78 is 0. The molecule has 166 valence electrons. The zero-order valence-corrected chi connectivity index (χ0v) is 20.0. The quantitative estimate of drug-likeness (QED) is 0.301. The molecule has 33 heavy (non-hydrogen) atoms. The van der Waals surface area contributed by atoms with Crippen molar-refractivity contribution >= 4 is 22.1 Å². The van der Waals surface area contributed by atoms with Gasteiger partial charge in [-0.25, -0.2) is 9.97 Å². The summed E-state index contributed by atoms with van der Waals surface area (Å²) in [6, 6.07) is 19.7. The average molecular weight is 435 g/mol. The number of nitrogens with zero attached hydrogens (tertiary/aromatic N) is 2. The molecule has 1 atom stereocenters. The normalized spacial score (nSPS) is 17.6. The Kier molecular flexibility index (Phi) is 4.17. The third-order valence-corrected chi connectivity index (χ3v) is 7.95. The van der Waals surface area contributed by atoms with Crippen molar-refractivity contribution in [2.24, 2.45) is 0 Å². The van der Waals surface area contributed by atoms with Gasteiger partial charge in [0.25, 0.3) is 0 Å². The lowest BCUT2D eigenvalue weighted by molar-refractivity contribution is 0.479. The predicted octanol–water partition coefficient (Wildman–Crippen LogP) is 7.49. The van der Waals surface area contributed by atoms with Gasteiger partial charge >= 0.3 is 0 Å². The summed E-state index contributed by atoms with van der Waals surface area (Å²) in [5, 5.41) is 0. The number of fused-ring (bicyclic) bond motifs is 3. The molecule has 0 saturated heterocycles. The van der Waals surface area contributed by atoms with Crippen LogP contribution in [0.25, 0.3) is 44.6 Å². The number of hydrogen-bond acceptors (Lipinski definition) is 2. The third kappa shape index (κ3) is 3.04. The van der Waals surface area contributed by atoms with E-state index in [2.05, 4.69) is 99.2 Å². The molecule has 0 aliphatic heterocycles. The first-order valence-electron chi connectivity index (χ1n) is 12.0. The van der Waals surface area contributed by atoms with Crippen molar-refractivity contribution in [2.45, 2.75) is 58.3 Å². The molecule has 4 heteroatoms. The molecule has 1 aliphatic rings. The van der Waals surface area contributed by atoms with E-state index in [0.717, 1.165) is 52.1 Å². The first-order valence-corrected chi connectivity index (χ1v) is 12.0. The van der Waals surface area contributed by atoms with Crippen LogP contribution in [-0.4, -0.2) is 19.9 Å². The number of rotatable bonds is 5. The van der Waals surface area contributed by atoms with Gasteiger partial charge in [0.1, 0.15) is 11.6 Å². The van der Waals surface area contributed by atoms with Crippen molar-refractivity contribution in [3.8, 4) is 22.5 Å².